The van der Waals surface area contributed by atoms with Crippen molar-refractivity contribution in [3.05, 3.63) is 118 Å². The number of rotatable bonds is 10. The summed E-state index contributed by atoms with van der Waals surface area (Å²) in [4.78, 5) is 40.0. The van der Waals surface area contributed by atoms with Crippen LogP contribution in [0.15, 0.2) is 100 Å². The maximum absolute atomic E-state index is 13.3. The van der Waals surface area contributed by atoms with Crippen LogP contribution in [-0.4, -0.2) is 23.0 Å². The van der Waals surface area contributed by atoms with Crippen molar-refractivity contribution >= 4 is 58.3 Å². The van der Waals surface area contributed by atoms with Crippen LogP contribution in [0, 0.1) is 13.8 Å². The normalized spacial score (nSPS) is 11.9. The number of thioether (sulfide) groups is 1. The second-order valence-electron chi connectivity index (χ2n) is 9.17. The van der Waals surface area contributed by atoms with Crippen molar-refractivity contribution in [2.24, 2.45) is 0 Å². The molecule has 1 unspecified atom stereocenters. The van der Waals surface area contributed by atoms with E-state index in [2.05, 4.69) is 16.0 Å². The van der Waals surface area contributed by atoms with E-state index in [0.29, 0.717) is 17.7 Å². The monoisotopic (exact) mass is 569 g/mol. The lowest BCUT2D eigenvalue weighted by Crippen LogP contribution is -2.30. The highest BCUT2D eigenvalue weighted by Gasteiger charge is 2.20. The van der Waals surface area contributed by atoms with Crippen LogP contribution in [0.2, 0.25) is 0 Å². The molecule has 4 rings (SSSR count). The maximum atomic E-state index is 13.3. The predicted octanol–water partition coefficient (Wildman–Crippen LogP) is 7.28. The third-order valence-corrected chi connectivity index (χ3v) is 8.34. The highest BCUT2D eigenvalue weighted by atomic mass is 32.2. The van der Waals surface area contributed by atoms with Crippen LogP contribution in [0.3, 0.4) is 0 Å². The van der Waals surface area contributed by atoms with Crippen molar-refractivity contribution in [2.75, 3.05) is 10.6 Å². The SMILES string of the molecule is CCC(Sc1cccc(NC(=O)/C(=C/c2ccsc2)NC(=O)c2ccccc2)c1)C(=O)Nc1cccc(C)c1C. The van der Waals surface area contributed by atoms with Crippen molar-refractivity contribution in [1.82, 2.24) is 5.32 Å². The van der Waals surface area contributed by atoms with Gasteiger partial charge in [0.15, 0.2) is 0 Å². The quantitative estimate of drug-likeness (QED) is 0.138. The minimum Gasteiger partial charge on any atom is -0.325 e. The molecule has 3 amide bonds. The van der Waals surface area contributed by atoms with Gasteiger partial charge < -0.3 is 16.0 Å². The Hall–Kier alpha value is -4.14. The number of carbonyl (C=O) groups is 3. The number of thiophene rings is 1. The van der Waals surface area contributed by atoms with E-state index in [1.54, 1.807) is 36.4 Å². The number of benzene rings is 3. The zero-order chi connectivity index (χ0) is 28.5. The van der Waals surface area contributed by atoms with Crippen LogP contribution in [0.5, 0.6) is 0 Å². The molecule has 0 bridgehead atoms. The largest absolute Gasteiger partial charge is 0.325 e. The molecule has 0 radical (unpaired) electrons. The van der Waals surface area contributed by atoms with E-state index in [9.17, 15) is 14.4 Å². The molecule has 40 heavy (non-hydrogen) atoms. The van der Waals surface area contributed by atoms with Gasteiger partial charge in [-0.2, -0.15) is 11.3 Å². The number of aryl methyl sites for hydroxylation is 1. The third kappa shape index (κ3) is 7.71. The summed E-state index contributed by atoms with van der Waals surface area (Å²) in [6.45, 7) is 5.99. The molecule has 4 aromatic rings. The van der Waals surface area contributed by atoms with E-state index >= 15 is 0 Å². The van der Waals surface area contributed by atoms with Gasteiger partial charge >= 0.3 is 0 Å². The third-order valence-electron chi connectivity index (χ3n) is 6.28. The lowest BCUT2D eigenvalue weighted by atomic mass is 10.1. The summed E-state index contributed by atoms with van der Waals surface area (Å²) >= 11 is 2.94. The van der Waals surface area contributed by atoms with Gasteiger partial charge in [0.25, 0.3) is 11.8 Å². The molecule has 0 aliphatic carbocycles. The Kier molecular flexibility index (Phi) is 9.94. The summed E-state index contributed by atoms with van der Waals surface area (Å²) in [6.07, 6.45) is 2.28. The zero-order valence-electron chi connectivity index (χ0n) is 22.6. The molecule has 204 valence electrons. The van der Waals surface area contributed by atoms with Crippen LogP contribution >= 0.6 is 23.1 Å². The van der Waals surface area contributed by atoms with E-state index in [0.717, 1.165) is 27.3 Å². The fourth-order valence-electron chi connectivity index (χ4n) is 3.90. The van der Waals surface area contributed by atoms with Gasteiger partial charge in [-0.25, -0.2) is 0 Å². The number of hydrogen-bond acceptors (Lipinski definition) is 5. The van der Waals surface area contributed by atoms with E-state index in [4.69, 9.17) is 0 Å². The zero-order valence-corrected chi connectivity index (χ0v) is 24.2. The number of hydrogen-bond donors (Lipinski definition) is 3. The van der Waals surface area contributed by atoms with Crippen LogP contribution in [0.1, 0.15) is 40.4 Å². The molecule has 8 heteroatoms. The molecule has 0 saturated carbocycles. The molecule has 3 N–H and O–H groups in total. The Morgan fingerprint density at radius 2 is 1.70 bits per heavy atom. The van der Waals surface area contributed by atoms with Crippen molar-refractivity contribution in [3.8, 4) is 0 Å². The van der Waals surface area contributed by atoms with E-state index in [1.165, 1.54) is 23.1 Å². The first-order valence-electron chi connectivity index (χ1n) is 12.9. The van der Waals surface area contributed by atoms with Gasteiger partial charge in [0, 0.05) is 21.8 Å². The Labute approximate surface area is 242 Å². The highest BCUT2D eigenvalue weighted by molar-refractivity contribution is 8.00. The molecule has 0 aliphatic rings. The standard InChI is InChI=1S/C32H31N3O3S2/c1-4-29(32(38)34-27-15-8-10-21(2)22(27)3)40-26-14-9-13-25(19-26)33-31(37)28(18-23-16-17-39-20-23)35-30(36)24-11-6-5-7-12-24/h5-20,29H,4H2,1-3H3,(H,33,37)(H,34,38)(H,35,36)/b28-18-. The Balaban J connectivity index is 1.47. The summed E-state index contributed by atoms with van der Waals surface area (Å²) in [7, 11) is 0. The summed E-state index contributed by atoms with van der Waals surface area (Å²) in [5.41, 5.74) is 4.94. The molecule has 3 aromatic carbocycles. The minimum atomic E-state index is -0.447. The summed E-state index contributed by atoms with van der Waals surface area (Å²) in [5, 5.41) is 12.2. The Morgan fingerprint density at radius 1 is 0.925 bits per heavy atom. The topological polar surface area (TPSA) is 87.3 Å². The maximum Gasteiger partial charge on any atom is 0.272 e. The van der Waals surface area contributed by atoms with Crippen LogP contribution in [-0.2, 0) is 9.59 Å². The van der Waals surface area contributed by atoms with E-state index in [-0.39, 0.29) is 22.8 Å². The molecular formula is C32H31N3O3S2. The van der Waals surface area contributed by atoms with Gasteiger partial charge in [-0.3, -0.25) is 14.4 Å². The molecule has 6 nitrogen and oxygen atoms in total. The summed E-state index contributed by atoms with van der Waals surface area (Å²) < 4.78 is 0. The predicted molar refractivity (Wildman–Crippen MR) is 166 cm³/mol. The first kappa shape index (κ1) is 28.9. The summed E-state index contributed by atoms with van der Waals surface area (Å²) in [5.74, 6) is -0.889. The van der Waals surface area contributed by atoms with Crippen LogP contribution in [0.4, 0.5) is 11.4 Å². The molecule has 0 spiro atoms. The van der Waals surface area contributed by atoms with Gasteiger partial charge in [0.05, 0.1) is 5.25 Å². The fourth-order valence-corrected chi connectivity index (χ4v) is 5.53. The number of carbonyl (C=O) groups excluding carboxylic acids is 3. The summed E-state index contributed by atoms with van der Waals surface area (Å²) in [6, 6.07) is 23.8. The van der Waals surface area contributed by atoms with Crippen LogP contribution in [0.25, 0.3) is 6.08 Å². The molecule has 1 atom stereocenters. The number of nitrogens with one attached hydrogen (secondary N) is 3. The first-order valence-corrected chi connectivity index (χ1v) is 14.7. The second kappa shape index (κ2) is 13.8. The molecule has 1 aromatic heterocycles. The first-order chi connectivity index (χ1) is 19.3. The van der Waals surface area contributed by atoms with Crippen molar-refractivity contribution in [2.45, 2.75) is 37.3 Å². The van der Waals surface area contributed by atoms with Gasteiger partial charge in [0.1, 0.15) is 5.70 Å². The van der Waals surface area contributed by atoms with Crippen LogP contribution < -0.4 is 16.0 Å². The Bertz CT molecular complexity index is 1520. The number of anilines is 2. The van der Waals surface area contributed by atoms with Gasteiger partial charge in [-0.05, 0) is 96.3 Å². The van der Waals surface area contributed by atoms with Gasteiger partial charge in [-0.15, -0.1) is 11.8 Å². The van der Waals surface area contributed by atoms with Gasteiger partial charge in [0.2, 0.25) is 5.91 Å². The van der Waals surface area contributed by atoms with Crippen molar-refractivity contribution in [3.63, 3.8) is 0 Å². The highest BCUT2D eigenvalue weighted by Crippen LogP contribution is 2.29. The van der Waals surface area contributed by atoms with Crippen molar-refractivity contribution < 1.29 is 14.4 Å². The average Bonchev–Trinajstić information content (AvgIpc) is 3.47. The molecule has 1 heterocycles. The Morgan fingerprint density at radius 3 is 2.42 bits per heavy atom. The second-order valence-corrected chi connectivity index (χ2v) is 11.2. The van der Waals surface area contributed by atoms with E-state index in [1.807, 2.05) is 80.1 Å². The smallest absolute Gasteiger partial charge is 0.272 e. The van der Waals surface area contributed by atoms with Crippen molar-refractivity contribution in [1.29, 1.82) is 0 Å². The molecule has 0 aliphatic heterocycles. The number of amides is 3. The average molecular weight is 570 g/mol. The lowest BCUT2D eigenvalue weighted by molar-refractivity contribution is -0.116. The van der Waals surface area contributed by atoms with Gasteiger partial charge in [-0.1, -0.05) is 43.3 Å². The minimum absolute atomic E-state index is 0.0692. The van der Waals surface area contributed by atoms with E-state index < -0.39 is 5.91 Å². The molecule has 0 fully saturated rings. The lowest BCUT2D eigenvalue weighted by Gasteiger charge is -2.17. The molecular weight excluding hydrogens is 539 g/mol. The fraction of sp³-hybridized carbons (Fsp3) is 0.156. The molecule has 0 saturated heterocycles.